The van der Waals surface area contributed by atoms with Crippen LogP contribution in [-0.4, -0.2) is 5.78 Å². The van der Waals surface area contributed by atoms with Crippen LogP contribution >= 0.6 is 0 Å². The van der Waals surface area contributed by atoms with Crippen molar-refractivity contribution in [1.29, 1.82) is 0 Å². The van der Waals surface area contributed by atoms with Crippen molar-refractivity contribution >= 4 is 11.5 Å². The zero-order valence-corrected chi connectivity index (χ0v) is 10.6. The van der Waals surface area contributed by atoms with E-state index >= 15 is 0 Å². The molecule has 0 atom stereocenters. The highest BCUT2D eigenvalue weighted by atomic mass is 16.1. The van der Waals surface area contributed by atoms with Crippen LogP contribution in [0.2, 0.25) is 0 Å². The topological polar surface area (TPSA) is 43.1 Å². The van der Waals surface area contributed by atoms with Gasteiger partial charge in [0.25, 0.3) is 0 Å². The van der Waals surface area contributed by atoms with E-state index in [9.17, 15) is 4.79 Å². The molecule has 2 N–H and O–H groups in total. The van der Waals surface area contributed by atoms with E-state index in [0.717, 1.165) is 12.0 Å². The lowest BCUT2D eigenvalue weighted by Gasteiger charge is -2.17. The van der Waals surface area contributed by atoms with Crippen LogP contribution in [0.5, 0.6) is 0 Å². The second-order valence-electron chi connectivity index (χ2n) is 5.57. The van der Waals surface area contributed by atoms with Gasteiger partial charge in [-0.05, 0) is 30.9 Å². The summed E-state index contributed by atoms with van der Waals surface area (Å²) in [5.41, 5.74) is 8.33. The van der Waals surface area contributed by atoms with Gasteiger partial charge in [0.05, 0.1) is 0 Å². The second-order valence-corrected chi connectivity index (χ2v) is 5.57. The first-order valence-electron chi connectivity index (χ1n) is 5.69. The van der Waals surface area contributed by atoms with Gasteiger partial charge in [-0.1, -0.05) is 32.4 Å². The van der Waals surface area contributed by atoms with Gasteiger partial charge in [-0.15, -0.1) is 0 Å². The van der Waals surface area contributed by atoms with E-state index in [1.807, 2.05) is 19.1 Å². The van der Waals surface area contributed by atoms with Gasteiger partial charge in [-0.2, -0.15) is 0 Å². The quantitative estimate of drug-likeness (QED) is 0.623. The fourth-order valence-corrected chi connectivity index (χ4v) is 1.53. The molecule has 0 heterocycles. The number of benzene rings is 1. The number of carbonyl (C=O) groups is 1. The first-order chi connectivity index (χ1) is 7.29. The number of ketones is 1. The molecule has 0 saturated carbocycles. The molecule has 0 radical (unpaired) electrons. The number of nitrogens with two attached hydrogens (primary N) is 1. The molecule has 1 aromatic carbocycles. The minimum absolute atomic E-state index is 0.149. The predicted molar refractivity (Wildman–Crippen MR) is 68.6 cm³/mol. The Labute approximate surface area is 97.9 Å². The minimum atomic E-state index is 0.149. The third kappa shape index (κ3) is 3.69. The van der Waals surface area contributed by atoms with Crippen LogP contribution in [-0.2, 0) is 0 Å². The van der Waals surface area contributed by atoms with E-state index in [1.54, 1.807) is 6.07 Å². The summed E-state index contributed by atoms with van der Waals surface area (Å²) >= 11 is 0. The first-order valence-corrected chi connectivity index (χ1v) is 5.69. The Morgan fingerprint density at radius 2 is 1.94 bits per heavy atom. The zero-order valence-electron chi connectivity index (χ0n) is 10.6. The molecular weight excluding hydrogens is 198 g/mol. The Morgan fingerprint density at radius 1 is 1.31 bits per heavy atom. The Balaban J connectivity index is 2.77. The summed E-state index contributed by atoms with van der Waals surface area (Å²) in [6.45, 7) is 8.39. The fourth-order valence-electron chi connectivity index (χ4n) is 1.53. The molecule has 2 heteroatoms. The van der Waals surface area contributed by atoms with Crippen LogP contribution in [0, 0.1) is 12.3 Å². The lowest BCUT2D eigenvalue weighted by atomic mass is 9.88. The predicted octanol–water partition coefficient (Wildman–Crippen LogP) is 3.59. The number of nitrogen functional groups attached to an aromatic ring is 1. The maximum absolute atomic E-state index is 12.0. The van der Waals surface area contributed by atoms with Gasteiger partial charge in [0.2, 0.25) is 0 Å². The highest BCUT2D eigenvalue weighted by molar-refractivity contribution is 6.00. The average molecular weight is 219 g/mol. The lowest BCUT2D eigenvalue weighted by Crippen LogP contribution is -2.10. The van der Waals surface area contributed by atoms with Gasteiger partial charge < -0.3 is 5.73 Å². The van der Waals surface area contributed by atoms with Crippen LogP contribution in [0.1, 0.15) is 49.5 Å². The molecule has 1 rings (SSSR count). The minimum Gasteiger partial charge on any atom is -0.398 e. The maximum atomic E-state index is 12.0. The van der Waals surface area contributed by atoms with Crippen LogP contribution in [0.4, 0.5) is 5.69 Å². The van der Waals surface area contributed by atoms with E-state index in [4.69, 9.17) is 5.73 Å². The molecule has 0 bridgehead atoms. The van der Waals surface area contributed by atoms with Gasteiger partial charge in [0, 0.05) is 17.7 Å². The smallest absolute Gasteiger partial charge is 0.164 e. The van der Waals surface area contributed by atoms with Crippen LogP contribution in [0.25, 0.3) is 0 Å². The molecule has 1 aromatic rings. The second kappa shape index (κ2) is 4.69. The van der Waals surface area contributed by atoms with Crippen molar-refractivity contribution in [1.82, 2.24) is 0 Å². The van der Waals surface area contributed by atoms with Crippen molar-refractivity contribution in [2.45, 2.75) is 40.5 Å². The Hall–Kier alpha value is -1.31. The maximum Gasteiger partial charge on any atom is 0.164 e. The molecule has 0 aliphatic carbocycles. The van der Waals surface area contributed by atoms with Crippen LogP contribution < -0.4 is 5.73 Å². The lowest BCUT2D eigenvalue weighted by molar-refractivity contribution is 0.0966. The summed E-state index contributed by atoms with van der Waals surface area (Å²) in [6.07, 6.45) is 1.45. The fraction of sp³-hybridized carbons (Fsp3) is 0.500. The summed E-state index contributed by atoms with van der Waals surface area (Å²) in [6, 6.07) is 5.61. The number of hydrogen-bond donors (Lipinski definition) is 1. The van der Waals surface area contributed by atoms with E-state index < -0.39 is 0 Å². The Kier molecular flexibility index (Phi) is 3.74. The van der Waals surface area contributed by atoms with Crippen LogP contribution in [0.3, 0.4) is 0 Å². The average Bonchev–Trinajstić information content (AvgIpc) is 2.17. The number of aryl methyl sites for hydroxylation is 1. The molecule has 88 valence electrons. The van der Waals surface area contributed by atoms with Crippen molar-refractivity contribution in [2.75, 3.05) is 5.73 Å². The molecular formula is C14H21NO. The summed E-state index contributed by atoms with van der Waals surface area (Å²) in [4.78, 5) is 12.0. The summed E-state index contributed by atoms with van der Waals surface area (Å²) < 4.78 is 0. The monoisotopic (exact) mass is 219 g/mol. The first kappa shape index (κ1) is 12.8. The van der Waals surface area contributed by atoms with Crippen molar-refractivity contribution in [3.05, 3.63) is 29.3 Å². The van der Waals surface area contributed by atoms with Crippen LogP contribution in [0.15, 0.2) is 18.2 Å². The van der Waals surface area contributed by atoms with Gasteiger partial charge >= 0.3 is 0 Å². The molecule has 0 amide bonds. The van der Waals surface area contributed by atoms with Gasteiger partial charge in [0.1, 0.15) is 0 Å². The van der Waals surface area contributed by atoms with Crippen molar-refractivity contribution in [3.8, 4) is 0 Å². The molecule has 0 spiro atoms. The van der Waals surface area contributed by atoms with Crippen molar-refractivity contribution < 1.29 is 4.79 Å². The molecule has 0 unspecified atom stereocenters. The number of anilines is 1. The number of Topliss-reactive ketones (excluding diaryl/α,β-unsaturated/α-hetero) is 1. The van der Waals surface area contributed by atoms with Gasteiger partial charge in [-0.25, -0.2) is 0 Å². The molecule has 0 aliphatic heterocycles. The standard InChI is InChI=1S/C14H21NO/c1-10-5-6-12(15)11(9-10)13(16)7-8-14(2,3)4/h5-6,9H,7-8,15H2,1-4H3. The summed E-state index contributed by atoms with van der Waals surface area (Å²) in [7, 11) is 0. The number of hydrogen-bond acceptors (Lipinski definition) is 2. The normalized spacial score (nSPS) is 11.5. The Morgan fingerprint density at radius 3 is 2.50 bits per heavy atom. The molecule has 0 aromatic heterocycles. The van der Waals surface area contributed by atoms with Gasteiger partial charge in [-0.3, -0.25) is 4.79 Å². The number of carbonyl (C=O) groups excluding carboxylic acids is 1. The summed E-state index contributed by atoms with van der Waals surface area (Å²) in [5.74, 6) is 0.149. The molecule has 2 nitrogen and oxygen atoms in total. The van der Waals surface area contributed by atoms with Crippen molar-refractivity contribution in [2.24, 2.45) is 5.41 Å². The number of rotatable bonds is 3. The molecule has 0 fully saturated rings. The molecule has 0 saturated heterocycles. The third-order valence-electron chi connectivity index (χ3n) is 2.61. The molecule has 16 heavy (non-hydrogen) atoms. The van der Waals surface area contributed by atoms with E-state index in [-0.39, 0.29) is 11.2 Å². The highest BCUT2D eigenvalue weighted by Gasteiger charge is 2.15. The molecule has 0 aliphatic rings. The van der Waals surface area contributed by atoms with Crippen molar-refractivity contribution in [3.63, 3.8) is 0 Å². The van der Waals surface area contributed by atoms with E-state index in [2.05, 4.69) is 20.8 Å². The zero-order chi connectivity index (χ0) is 12.3. The van der Waals surface area contributed by atoms with Gasteiger partial charge in [0.15, 0.2) is 5.78 Å². The summed E-state index contributed by atoms with van der Waals surface area (Å²) in [5, 5.41) is 0. The van der Waals surface area contributed by atoms with E-state index in [1.165, 1.54) is 0 Å². The highest BCUT2D eigenvalue weighted by Crippen LogP contribution is 2.23. The SMILES string of the molecule is Cc1ccc(N)c(C(=O)CCC(C)(C)C)c1. The van der Waals surface area contributed by atoms with E-state index in [0.29, 0.717) is 17.7 Å². The Bertz CT molecular complexity index is 388. The third-order valence-corrected chi connectivity index (χ3v) is 2.61. The largest absolute Gasteiger partial charge is 0.398 e.